The van der Waals surface area contributed by atoms with Crippen molar-refractivity contribution in [1.29, 1.82) is 0 Å². The summed E-state index contributed by atoms with van der Waals surface area (Å²) in [5, 5.41) is 0. The van der Waals surface area contributed by atoms with Crippen molar-refractivity contribution in [3.63, 3.8) is 0 Å². The van der Waals surface area contributed by atoms with E-state index in [-0.39, 0.29) is 17.7 Å². The smallest absolute Gasteiger partial charge is 0.266 e. The third kappa shape index (κ3) is 2.89. The lowest BCUT2D eigenvalue weighted by Crippen LogP contribution is -2.48. The van der Waals surface area contributed by atoms with Crippen LogP contribution in [0.2, 0.25) is 0 Å². The van der Waals surface area contributed by atoms with Gasteiger partial charge in [0.25, 0.3) is 11.8 Å². The van der Waals surface area contributed by atoms with E-state index in [2.05, 4.69) is 4.90 Å². The Morgan fingerprint density at radius 2 is 1.54 bits per heavy atom. The van der Waals surface area contributed by atoms with E-state index >= 15 is 0 Å². The molecule has 0 unspecified atom stereocenters. The van der Waals surface area contributed by atoms with Crippen molar-refractivity contribution in [2.45, 2.75) is 6.92 Å². The molecule has 2 aliphatic rings. The summed E-state index contributed by atoms with van der Waals surface area (Å²) in [4.78, 5) is 42.2. The third-order valence-electron chi connectivity index (χ3n) is 5.29. The van der Waals surface area contributed by atoms with Crippen molar-refractivity contribution in [2.24, 2.45) is 0 Å². The van der Waals surface area contributed by atoms with Crippen LogP contribution in [0.3, 0.4) is 0 Å². The monoisotopic (exact) mass is 379 g/mol. The van der Waals surface area contributed by atoms with E-state index in [1.807, 2.05) is 17.0 Å². The summed E-state index contributed by atoms with van der Waals surface area (Å²) < 4.78 is 5.51. The molecule has 1 fully saturated rings. The number of piperazine rings is 1. The quantitative estimate of drug-likeness (QED) is 0.765. The Kier molecular flexibility index (Phi) is 4.50. The Labute approximate surface area is 163 Å². The Hall–Kier alpha value is -3.35. The molecule has 0 saturated carbocycles. The number of hydrogen-bond acceptors (Lipinski definition) is 5. The van der Waals surface area contributed by atoms with Gasteiger partial charge in [0.05, 0.1) is 23.9 Å². The predicted octanol–water partition coefficient (Wildman–Crippen LogP) is 2.16. The van der Waals surface area contributed by atoms with Gasteiger partial charge in [-0.1, -0.05) is 12.1 Å². The molecule has 7 nitrogen and oxygen atoms in total. The molecule has 2 aromatic carbocycles. The summed E-state index contributed by atoms with van der Waals surface area (Å²) in [6.07, 6.45) is 0. The Bertz CT molecular complexity index is 929. The summed E-state index contributed by atoms with van der Waals surface area (Å²) in [5.74, 6) is -0.150. The topological polar surface area (TPSA) is 70.2 Å². The number of imide groups is 1. The molecule has 0 N–H and O–H groups in total. The van der Waals surface area contributed by atoms with Gasteiger partial charge in [-0.05, 0) is 24.3 Å². The van der Waals surface area contributed by atoms with Crippen molar-refractivity contribution in [2.75, 3.05) is 43.1 Å². The van der Waals surface area contributed by atoms with Crippen LogP contribution in [0.25, 0.3) is 0 Å². The number of anilines is 2. The number of benzene rings is 2. The lowest BCUT2D eigenvalue weighted by Gasteiger charge is -2.36. The second kappa shape index (κ2) is 6.99. The van der Waals surface area contributed by atoms with E-state index in [9.17, 15) is 14.4 Å². The van der Waals surface area contributed by atoms with Crippen LogP contribution in [0, 0.1) is 0 Å². The highest BCUT2D eigenvalue weighted by atomic mass is 16.5. The van der Waals surface area contributed by atoms with Gasteiger partial charge in [-0.3, -0.25) is 14.4 Å². The van der Waals surface area contributed by atoms with Crippen LogP contribution in [0.4, 0.5) is 11.4 Å². The highest BCUT2D eigenvalue weighted by Gasteiger charge is 2.37. The molecule has 0 bridgehead atoms. The van der Waals surface area contributed by atoms with Gasteiger partial charge in [0.1, 0.15) is 5.75 Å². The number of rotatable bonds is 3. The number of nitrogens with zero attached hydrogens (tertiary/aromatic N) is 3. The highest BCUT2D eigenvalue weighted by molar-refractivity contribution is 6.34. The van der Waals surface area contributed by atoms with Gasteiger partial charge in [-0.15, -0.1) is 0 Å². The minimum Gasteiger partial charge on any atom is -0.494 e. The predicted molar refractivity (Wildman–Crippen MR) is 105 cm³/mol. The minimum atomic E-state index is -0.346. The molecule has 144 valence electrons. The second-order valence-electron chi connectivity index (χ2n) is 6.84. The largest absolute Gasteiger partial charge is 0.494 e. The van der Waals surface area contributed by atoms with E-state index in [0.717, 1.165) is 18.8 Å². The fourth-order valence-electron chi connectivity index (χ4n) is 3.74. The van der Waals surface area contributed by atoms with Crippen LogP contribution >= 0.6 is 0 Å². The maximum atomic E-state index is 12.8. The zero-order valence-electron chi connectivity index (χ0n) is 15.8. The first-order valence-corrected chi connectivity index (χ1v) is 9.17. The van der Waals surface area contributed by atoms with Gasteiger partial charge < -0.3 is 14.5 Å². The number of carbonyl (C=O) groups is 3. The second-order valence-corrected chi connectivity index (χ2v) is 6.84. The van der Waals surface area contributed by atoms with Gasteiger partial charge in [0, 0.05) is 44.9 Å². The van der Waals surface area contributed by atoms with Crippen molar-refractivity contribution in [3.8, 4) is 5.75 Å². The molecule has 0 radical (unpaired) electrons. The molecule has 2 aromatic rings. The molecule has 2 aliphatic heterocycles. The van der Waals surface area contributed by atoms with Crippen LogP contribution in [0.15, 0.2) is 42.5 Å². The van der Waals surface area contributed by atoms with E-state index in [0.29, 0.717) is 35.7 Å². The molecule has 0 aromatic heterocycles. The molecular formula is C21H21N3O4. The average Bonchev–Trinajstić information content (AvgIpc) is 2.98. The fourth-order valence-corrected chi connectivity index (χ4v) is 3.74. The summed E-state index contributed by atoms with van der Waals surface area (Å²) in [5.41, 5.74) is 2.17. The Balaban J connectivity index is 1.62. The van der Waals surface area contributed by atoms with Crippen molar-refractivity contribution in [3.05, 3.63) is 53.6 Å². The van der Waals surface area contributed by atoms with Crippen LogP contribution in [-0.2, 0) is 4.79 Å². The first kappa shape index (κ1) is 18.0. The fraction of sp³-hybridized carbons (Fsp3) is 0.286. The van der Waals surface area contributed by atoms with Crippen LogP contribution in [0.5, 0.6) is 5.75 Å². The van der Waals surface area contributed by atoms with Crippen molar-refractivity contribution in [1.82, 2.24) is 4.90 Å². The first-order chi connectivity index (χ1) is 13.5. The molecular weight excluding hydrogens is 358 g/mol. The molecule has 28 heavy (non-hydrogen) atoms. The lowest BCUT2D eigenvalue weighted by molar-refractivity contribution is -0.129. The van der Waals surface area contributed by atoms with Gasteiger partial charge in [-0.25, -0.2) is 4.90 Å². The minimum absolute atomic E-state index is 0.0817. The average molecular weight is 379 g/mol. The van der Waals surface area contributed by atoms with Crippen molar-refractivity contribution < 1.29 is 19.1 Å². The normalized spacial score (nSPS) is 16.4. The maximum Gasteiger partial charge on any atom is 0.266 e. The SMILES string of the molecule is COc1cc(N2CCN(C(C)=O)CC2)ccc1N1C(=O)c2ccccc2C1=O. The summed E-state index contributed by atoms with van der Waals surface area (Å²) in [7, 11) is 1.52. The molecule has 2 heterocycles. The molecule has 0 aliphatic carbocycles. The number of carbonyl (C=O) groups excluding carboxylic acids is 3. The van der Waals surface area contributed by atoms with E-state index in [4.69, 9.17) is 4.74 Å². The first-order valence-electron chi connectivity index (χ1n) is 9.17. The molecule has 3 amide bonds. The van der Waals surface area contributed by atoms with E-state index in [1.54, 1.807) is 37.3 Å². The molecule has 7 heteroatoms. The third-order valence-corrected chi connectivity index (χ3v) is 5.29. The molecule has 4 rings (SSSR count). The lowest BCUT2D eigenvalue weighted by atomic mass is 10.1. The standard InChI is InChI=1S/C21H21N3O4/c1-14(25)22-9-11-23(12-10-22)15-7-8-18(19(13-15)28-2)24-20(26)16-5-3-4-6-17(16)21(24)27/h3-8,13H,9-12H2,1-2H3. The number of hydrogen-bond donors (Lipinski definition) is 0. The van der Waals surface area contributed by atoms with Gasteiger partial charge >= 0.3 is 0 Å². The molecule has 1 saturated heterocycles. The summed E-state index contributed by atoms with van der Waals surface area (Å²) >= 11 is 0. The van der Waals surface area contributed by atoms with Gasteiger partial charge in [-0.2, -0.15) is 0 Å². The highest BCUT2D eigenvalue weighted by Crippen LogP contribution is 2.37. The zero-order valence-corrected chi connectivity index (χ0v) is 15.8. The van der Waals surface area contributed by atoms with Crippen molar-refractivity contribution >= 4 is 29.1 Å². The number of methoxy groups -OCH3 is 1. The Morgan fingerprint density at radius 3 is 2.07 bits per heavy atom. The molecule has 0 atom stereocenters. The Morgan fingerprint density at radius 1 is 0.929 bits per heavy atom. The molecule has 0 spiro atoms. The summed E-state index contributed by atoms with van der Waals surface area (Å²) in [6, 6.07) is 12.3. The zero-order chi connectivity index (χ0) is 19.8. The van der Waals surface area contributed by atoms with Gasteiger partial charge in [0.2, 0.25) is 5.91 Å². The van der Waals surface area contributed by atoms with Crippen LogP contribution < -0.4 is 14.5 Å². The number of fused-ring (bicyclic) bond motifs is 1. The van der Waals surface area contributed by atoms with Gasteiger partial charge in [0.15, 0.2) is 0 Å². The number of amides is 3. The van der Waals surface area contributed by atoms with Crippen LogP contribution in [0.1, 0.15) is 27.6 Å². The maximum absolute atomic E-state index is 12.8. The summed E-state index contributed by atoms with van der Waals surface area (Å²) in [6.45, 7) is 4.34. The van der Waals surface area contributed by atoms with E-state index in [1.165, 1.54) is 12.0 Å². The number of ether oxygens (including phenoxy) is 1. The van der Waals surface area contributed by atoms with Crippen LogP contribution in [-0.4, -0.2) is 55.9 Å². The van der Waals surface area contributed by atoms with E-state index < -0.39 is 0 Å².